The van der Waals surface area contributed by atoms with E-state index in [1.54, 1.807) is 30.7 Å². The standard InChI is InChI=1S/C21H25FN4O/c22-18-4-1-3-16(13-18)14-19-5-2-10-26(19)21(27)17-6-11-25(12-7-17)20-15-23-8-9-24-20/h1,3-4,8-9,13,15,17,19H,2,5-7,10-12,14H2. The highest BCUT2D eigenvalue weighted by Gasteiger charge is 2.34. The summed E-state index contributed by atoms with van der Waals surface area (Å²) in [6.07, 6.45) is 9.61. The van der Waals surface area contributed by atoms with Gasteiger partial charge >= 0.3 is 0 Å². The average molecular weight is 368 g/mol. The zero-order valence-electron chi connectivity index (χ0n) is 15.4. The van der Waals surface area contributed by atoms with Gasteiger partial charge in [0.1, 0.15) is 11.6 Å². The first-order valence-electron chi connectivity index (χ1n) is 9.76. The van der Waals surface area contributed by atoms with Crippen molar-refractivity contribution in [1.29, 1.82) is 0 Å². The van der Waals surface area contributed by atoms with Crippen molar-refractivity contribution in [1.82, 2.24) is 14.9 Å². The third-order valence-electron chi connectivity index (χ3n) is 5.74. The van der Waals surface area contributed by atoms with Crippen LogP contribution in [-0.2, 0) is 11.2 Å². The Morgan fingerprint density at radius 1 is 1.15 bits per heavy atom. The summed E-state index contributed by atoms with van der Waals surface area (Å²) in [5.74, 6) is 1.02. The lowest BCUT2D eigenvalue weighted by atomic mass is 9.94. The molecule has 2 aliphatic rings. The van der Waals surface area contributed by atoms with E-state index in [2.05, 4.69) is 14.9 Å². The average Bonchev–Trinajstić information content (AvgIpc) is 3.16. The molecule has 1 unspecified atom stereocenters. The minimum Gasteiger partial charge on any atom is -0.355 e. The number of aromatic nitrogens is 2. The number of anilines is 1. The molecule has 0 bridgehead atoms. The number of benzene rings is 1. The molecule has 2 fully saturated rings. The number of halogens is 1. The topological polar surface area (TPSA) is 49.3 Å². The number of carbonyl (C=O) groups is 1. The van der Waals surface area contributed by atoms with Gasteiger partial charge in [0.25, 0.3) is 0 Å². The molecule has 0 aliphatic carbocycles. The van der Waals surface area contributed by atoms with E-state index in [0.717, 1.165) is 63.1 Å². The molecule has 5 nitrogen and oxygen atoms in total. The van der Waals surface area contributed by atoms with Gasteiger partial charge in [-0.3, -0.25) is 9.78 Å². The van der Waals surface area contributed by atoms with Crippen molar-refractivity contribution in [2.24, 2.45) is 5.92 Å². The van der Waals surface area contributed by atoms with Gasteiger partial charge in [-0.2, -0.15) is 0 Å². The molecule has 1 aromatic heterocycles. The predicted molar refractivity (Wildman–Crippen MR) is 102 cm³/mol. The number of nitrogens with zero attached hydrogens (tertiary/aromatic N) is 4. The van der Waals surface area contributed by atoms with E-state index in [9.17, 15) is 9.18 Å². The second-order valence-electron chi connectivity index (χ2n) is 7.49. The summed E-state index contributed by atoms with van der Waals surface area (Å²) in [5, 5.41) is 0. The minimum atomic E-state index is -0.209. The van der Waals surface area contributed by atoms with Gasteiger partial charge in [0.15, 0.2) is 0 Å². The second-order valence-corrected chi connectivity index (χ2v) is 7.49. The predicted octanol–water partition coefficient (Wildman–Crippen LogP) is 3.07. The van der Waals surface area contributed by atoms with Gasteiger partial charge < -0.3 is 9.80 Å². The van der Waals surface area contributed by atoms with Crippen LogP contribution in [0.3, 0.4) is 0 Å². The van der Waals surface area contributed by atoms with E-state index in [0.29, 0.717) is 0 Å². The van der Waals surface area contributed by atoms with E-state index in [-0.39, 0.29) is 23.7 Å². The molecule has 2 saturated heterocycles. The Balaban J connectivity index is 1.36. The number of rotatable bonds is 4. The first-order chi connectivity index (χ1) is 13.2. The highest BCUT2D eigenvalue weighted by molar-refractivity contribution is 5.79. The van der Waals surface area contributed by atoms with Crippen LogP contribution in [0.25, 0.3) is 0 Å². The molecule has 0 radical (unpaired) electrons. The van der Waals surface area contributed by atoms with Crippen molar-refractivity contribution in [3.63, 3.8) is 0 Å². The Morgan fingerprint density at radius 3 is 2.74 bits per heavy atom. The lowest BCUT2D eigenvalue weighted by molar-refractivity contribution is -0.137. The molecular weight excluding hydrogens is 343 g/mol. The summed E-state index contributed by atoms with van der Waals surface area (Å²) in [6, 6.07) is 6.93. The summed E-state index contributed by atoms with van der Waals surface area (Å²) < 4.78 is 13.5. The first kappa shape index (κ1) is 17.9. The summed E-state index contributed by atoms with van der Waals surface area (Å²) in [7, 11) is 0. The van der Waals surface area contributed by atoms with Crippen molar-refractivity contribution < 1.29 is 9.18 Å². The number of amides is 1. The van der Waals surface area contributed by atoms with E-state index in [4.69, 9.17) is 0 Å². The van der Waals surface area contributed by atoms with Crippen molar-refractivity contribution in [2.75, 3.05) is 24.5 Å². The maximum Gasteiger partial charge on any atom is 0.226 e. The van der Waals surface area contributed by atoms with Gasteiger partial charge in [0.05, 0.1) is 6.20 Å². The SMILES string of the molecule is O=C(C1CCN(c2cnccn2)CC1)N1CCCC1Cc1cccc(F)c1. The van der Waals surface area contributed by atoms with Gasteiger partial charge in [0, 0.05) is 44.0 Å². The Hall–Kier alpha value is -2.50. The van der Waals surface area contributed by atoms with Gasteiger partial charge in [0.2, 0.25) is 5.91 Å². The third-order valence-corrected chi connectivity index (χ3v) is 5.74. The number of hydrogen-bond acceptors (Lipinski definition) is 4. The first-order valence-corrected chi connectivity index (χ1v) is 9.76. The quantitative estimate of drug-likeness (QED) is 0.832. The zero-order chi connectivity index (χ0) is 18.6. The molecule has 1 aromatic carbocycles. The molecule has 0 saturated carbocycles. The summed E-state index contributed by atoms with van der Waals surface area (Å²) in [5.41, 5.74) is 0.970. The summed E-state index contributed by atoms with van der Waals surface area (Å²) >= 11 is 0. The molecular formula is C21H25FN4O. The van der Waals surface area contributed by atoms with Crippen LogP contribution in [0.5, 0.6) is 0 Å². The molecule has 2 aromatic rings. The molecule has 142 valence electrons. The molecule has 3 heterocycles. The maximum atomic E-state index is 13.5. The van der Waals surface area contributed by atoms with Crippen molar-refractivity contribution in [3.05, 3.63) is 54.2 Å². The monoisotopic (exact) mass is 368 g/mol. The molecule has 0 spiro atoms. The highest BCUT2D eigenvalue weighted by Crippen LogP contribution is 2.28. The van der Waals surface area contributed by atoms with Crippen molar-refractivity contribution in [2.45, 2.75) is 38.1 Å². The fourth-order valence-electron chi connectivity index (χ4n) is 4.32. The minimum absolute atomic E-state index is 0.0750. The van der Waals surface area contributed by atoms with Crippen molar-refractivity contribution >= 4 is 11.7 Å². The van der Waals surface area contributed by atoms with E-state index in [1.807, 2.05) is 11.0 Å². The largest absolute Gasteiger partial charge is 0.355 e. The van der Waals surface area contributed by atoms with Crippen LogP contribution >= 0.6 is 0 Å². The third kappa shape index (κ3) is 4.10. The normalized spacial score (nSPS) is 20.9. The van der Waals surface area contributed by atoms with Crippen molar-refractivity contribution in [3.8, 4) is 0 Å². The Bertz CT molecular complexity index is 777. The molecule has 2 aliphatic heterocycles. The van der Waals surface area contributed by atoms with Crippen LogP contribution in [0.1, 0.15) is 31.2 Å². The Labute approximate surface area is 159 Å². The Kier molecular flexibility index (Phi) is 5.32. The lowest BCUT2D eigenvalue weighted by Crippen LogP contribution is -2.45. The highest BCUT2D eigenvalue weighted by atomic mass is 19.1. The number of piperidine rings is 1. The molecule has 27 heavy (non-hydrogen) atoms. The smallest absolute Gasteiger partial charge is 0.226 e. The summed E-state index contributed by atoms with van der Waals surface area (Å²) in [6.45, 7) is 2.48. The van der Waals surface area contributed by atoms with Crippen LogP contribution in [0.15, 0.2) is 42.9 Å². The van der Waals surface area contributed by atoms with Gasteiger partial charge in [-0.05, 0) is 49.8 Å². The van der Waals surface area contributed by atoms with E-state index < -0.39 is 0 Å². The van der Waals surface area contributed by atoms with Crippen LogP contribution in [0.4, 0.5) is 10.2 Å². The molecule has 1 atom stereocenters. The lowest BCUT2D eigenvalue weighted by Gasteiger charge is -2.35. The molecule has 0 N–H and O–H groups in total. The van der Waals surface area contributed by atoms with Crippen LogP contribution in [-0.4, -0.2) is 46.5 Å². The number of carbonyl (C=O) groups excluding carboxylic acids is 1. The fourth-order valence-corrected chi connectivity index (χ4v) is 4.32. The van der Waals surface area contributed by atoms with Gasteiger partial charge in [-0.15, -0.1) is 0 Å². The zero-order valence-corrected chi connectivity index (χ0v) is 15.4. The molecule has 1 amide bonds. The van der Waals surface area contributed by atoms with E-state index >= 15 is 0 Å². The molecule has 4 rings (SSSR count). The maximum absolute atomic E-state index is 13.5. The number of hydrogen-bond donors (Lipinski definition) is 0. The Morgan fingerprint density at radius 2 is 2.00 bits per heavy atom. The van der Waals surface area contributed by atoms with Crippen LogP contribution in [0.2, 0.25) is 0 Å². The number of likely N-dealkylation sites (tertiary alicyclic amines) is 1. The summed E-state index contributed by atoms with van der Waals surface area (Å²) in [4.78, 5) is 25.8. The van der Waals surface area contributed by atoms with Crippen LogP contribution in [0, 0.1) is 11.7 Å². The molecule has 6 heteroatoms. The van der Waals surface area contributed by atoms with Crippen LogP contribution < -0.4 is 4.90 Å². The second kappa shape index (κ2) is 8.03. The van der Waals surface area contributed by atoms with E-state index in [1.165, 1.54) is 6.07 Å². The van der Waals surface area contributed by atoms with Gasteiger partial charge in [-0.1, -0.05) is 12.1 Å². The van der Waals surface area contributed by atoms with Gasteiger partial charge in [-0.25, -0.2) is 9.37 Å². The fraction of sp³-hybridized carbons (Fsp3) is 0.476.